The first kappa shape index (κ1) is 35.8. The largest absolute Gasteiger partial charge is 0.298 e. The summed E-state index contributed by atoms with van der Waals surface area (Å²) >= 11 is 6.23. The van der Waals surface area contributed by atoms with Crippen molar-refractivity contribution in [3.8, 4) is 0 Å². The average molecular weight is 855 g/mol. The predicted molar refractivity (Wildman–Crippen MR) is 228 cm³/mol. The van der Waals surface area contributed by atoms with Gasteiger partial charge in [0, 0.05) is 5.56 Å². The number of carbonyl (C=O) groups excluding carboxylic acids is 1. The zero-order chi connectivity index (χ0) is 33.8. The van der Waals surface area contributed by atoms with Crippen LogP contribution >= 0.6 is 74.3 Å². The molecule has 4 nitrogen and oxygen atoms in total. The minimum absolute atomic E-state index is 0.104. The predicted octanol–water partition coefficient (Wildman–Crippen LogP) is 10.9. The molecular formula is C37H35IN2O2P4S2. The van der Waals surface area contributed by atoms with Gasteiger partial charge in [-0.3, -0.25) is 4.79 Å². The SMILES string of the molecule is Cc1nc2cc(C(CP(I)(c3ccccc3)(c3ccccc3)c3ccccc3)OP(P)P)ccc2s1.Cc1nc2cc(C=O)ccc2s1. The van der Waals surface area contributed by atoms with Gasteiger partial charge in [-0.2, -0.15) is 0 Å². The molecule has 3 atom stereocenters. The van der Waals surface area contributed by atoms with Crippen molar-refractivity contribution in [1.82, 2.24) is 9.97 Å². The van der Waals surface area contributed by atoms with E-state index < -0.39 is 11.8 Å². The van der Waals surface area contributed by atoms with E-state index in [1.807, 2.05) is 25.1 Å². The standard InChI is InChI=1S/C28H28INOP4S.C9H7NOS/c1-21-30-26-19-22(17-18-28(26)36-21)27(31-34(32)33)20-35(29,23-11-5-2-6-12-23,24-13-7-3-8-14-24)25-15-9-4-10-16-25;1-6-10-8-4-7(5-11)2-3-9(8)12-6/h2-19,27H,20,32-33H2,1H3;2-5H,1H3. The number of rotatable bonds is 9. The van der Waals surface area contributed by atoms with Crippen LogP contribution in [0.3, 0.4) is 0 Å². The van der Waals surface area contributed by atoms with Crippen LogP contribution < -0.4 is 15.9 Å². The summed E-state index contributed by atoms with van der Waals surface area (Å²) in [6, 6.07) is 45.4. The quantitative estimate of drug-likeness (QED) is 0.0825. The molecule has 0 aliphatic rings. The molecule has 5 aromatic carbocycles. The molecule has 0 aliphatic carbocycles. The Morgan fingerprint density at radius 1 is 0.729 bits per heavy atom. The average Bonchev–Trinajstić information content (AvgIpc) is 3.68. The number of aldehydes is 1. The van der Waals surface area contributed by atoms with Crippen molar-refractivity contribution in [2.45, 2.75) is 20.0 Å². The Morgan fingerprint density at radius 2 is 1.19 bits per heavy atom. The van der Waals surface area contributed by atoms with E-state index in [0.717, 1.165) is 38.2 Å². The molecule has 0 amide bonds. The fourth-order valence-corrected chi connectivity index (χ4v) is 17.9. The van der Waals surface area contributed by atoms with Crippen LogP contribution in [0.1, 0.15) is 32.0 Å². The zero-order valence-electron chi connectivity index (χ0n) is 26.4. The second kappa shape index (κ2) is 15.5. The smallest absolute Gasteiger partial charge is 0.150 e. The summed E-state index contributed by atoms with van der Waals surface area (Å²) in [6.45, 7) is 4.03. The molecule has 7 rings (SSSR count). The van der Waals surface area contributed by atoms with Gasteiger partial charge in [-0.25, -0.2) is 4.98 Å². The van der Waals surface area contributed by atoms with Crippen LogP contribution in [-0.4, -0.2) is 22.4 Å². The number of hydrogen-bond donors (Lipinski definition) is 0. The summed E-state index contributed by atoms with van der Waals surface area (Å²) < 4.78 is 6.12. The monoisotopic (exact) mass is 854 g/mol. The Kier molecular flexibility index (Phi) is 11.5. The molecule has 2 aromatic heterocycles. The number of fused-ring (bicyclic) bond motifs is 2. The van der Waals surface area contributed by atoms with Crippen molar-refractivity contribution in [2.24, 2.45) is 0 Å². The van der Waals surface area contributed by atoms with Gasteiger partial charge in [-0.15, -0.1) is 11.3 Å². The number of aromatic nitrogens is 2. The van der Waals surface area contributed by atoms with E-state index >= 15 is 0 Å². The molecule has 0 N–H and O–H groups in total. The molecule has 0 aliphatic heterocycles. The van der Waals surface area contributed by atoms with Crippen LogP contribution in [0.4, 0.5) is 0 Å². The molecule has 0 saturated carbocycles. The van der Waals surface area contributed by atoms with Crippen molar-refractivity contribution in [2.75, 3.05) is 6.16 Å². The molecule has 2 heterocycles. The first-order chi connectivity index (χ1) is 23.2. The maximum Gasteiger partial charge on any atom is 0.150 e. The normalized spacial score (nSPS) is 13.1. The van der Waals surface area contributed by atoms with Crippen LogP contribution in [0.2, 0.25) is 0 Å². The van der Waals surface area contributed by atoms with E-state index in [9.17, 15) is 4.79 Å². The van der Waals surface area contributed by atoms with Crippen molar-refractivity contribution < 1.29 is 9.32 Å². The Labute approximate surface area is 308 Å². The molecule has 0 radical (unpaired) electrons. The first-order valence-electron chi connectivity index (χ1n) is 15.2. The molecule has 0 fully saturated rings. The van der Waals surface area contributed by atoms with Gasteiger partial charge in [-0.05, 0) is 19.1 Å². The molecule has 7 aromatic rings. The van der Waals surface area contributed by atoms with E-state index in [-0.39, 0.29) is 6.10 Å². The minimum Gasteiger partial charge on any atom is -0.298 e. The number of carbonyl (C=O) groups is 1. The molecule has 48 heavy (non-hydrogen) atoms. The number of benzene rings is 5. The second-order valence-electron chi connectivity index (χ2n) is 11.4. The molecule has 244 valence electrons. The van der Waals surface area contributed by atoms with Crippen LogP contribution in [-0.2, 0) is 4.52 Å². The third-order valence-corrected chi connectivity index (χ3v) is 22.7. The van der Waals surface area contributed by atoms with Gasteiger partial charge in [0.25, 0.3) is 0 Å². The van der Waals surface area contributed by atoms with Crippen molar-refractivity contribution >= 4 is 117 Å². The van der Waals surface area contributed by atoms with Gasteiger partial charge in [0.2, 0.25) is 0 Å². The van der Waals surface area contributed by atoms with Gasteiger partial charge in [0.15, 0.2) is 0 Å². The van der Waals surface area contributed by atoms with Crippen LogP contribution in [0.15, 0.2) is 127 Å². The maximum absolute atomic E-state index is 10.4. The van der Waals surface area contributed by atoms with Gasteiger partial charge >= 0.3 is 238 Å². The van der Waals surface area contributed by atoms with E-state index in [1.165, 1.54) is 26.2 Å². The van der Waals surface area contributed by atoms with Crippen molar-refractivity contribution in [3.05, 3.63) is 149 Å². The first-order valence-corrected chi connectivity index (χ1v) is 26.6. The fourth-order valence-electron chi connectivity index (χ4n) is 6.03. The van der Waals surface area contributed by atoms with E-state index in [1.54, 1.807) is 22.7 Å². The van der Waals surface area contributed by atoms with Gasteiger partial charge in [-0.1, -0.05) is 6.07 Å². The molecule has 11 heteroatoms. The Balaban J connectivity index is 0.000000280. The Bertz CT molecular complexity index is 2060. The van der Waals surface area contributed by atoms with Crippen LogP contribution in [0.25, 0.3) is 20.4 Å². The maximum atomic E-state index is 10.4. The van der Waals surface area contributed by atoms with Crippen molar-refractivity contribution in [3.63, 3.8) is 0 Å². The second-order valence-corrected chi connectivity index (χ2v) is 30.3. The van der Waals surface area contributed by atoms with Gasteiger partial charge in [0.05, 0.1) is 15.2 Å². The molecule has 0 bridgehead atoms. The van der Waals surface area contributed by atoms with Gasteiger partial charge in [0.1, 0.15) is 6.29 Å². The summed E-state index contributed by atoms with van der Waals surface area (Å²) in [5.41, 5.74) is 3.84. The number of thiazole rings is 2. The third kappa shape index (κ3) is 7.51. The Hall–Kier alpha value is -2.04. The molecular weight excluding hydrogens is 819 g/mol. The van der Waals surface area contributed by atoms with Crippen molar-refractivity contribution in [1.29, 1.82) is 0 Å². The zero-order valence-corrected chi connectivity index (χ0v) is 34.3. The van der Waals surface area contributed by atoms with E-state index in [4.69, 9.17) is 9.51 Å². The Morgan fingerprint density at radius 3 is 1.65 bits per heavy atom. The molecule has 0 saturated heterocycles. The summed E-state index contributed by atoms with van der Waals surface area (Å²) in [4.78, 5) is 19.5. The minimum atomic E-state index is -3.00. The number of nitrogens with zero attached hydrogens (tertiary/aromatic N) is 2. The fraction of sp³-hybridized carbons (Fsp3) is 0.108. The van der Waals surface area contributed by atoms with E-state index in [2.05, 4.69) is 161 Å². The summed E-state index contributed by atoms with van der Waals surface area (Å²) in [7, 11) is 4.96. The van der Waals surface area contributed by atoms with Crippen LogP contribution in [0, 0.1) is 13.8 Å². The number of halogens is 1. The summed E-state index contributed by atoms with van der Waals surface area (Å²) in [5, 5.41) is 6.20. The van der Waals surface area contributed by atoms with E-state index in [0.29, 0.717) is 5.56 Å². The summed E-state index contributed by atoms with van der Waals surface area (Å²) in [5.74, 6) is 0. The summed E-state index contributed by atoms with van der Waals surface area (Å²) in [6.07, 6.45) is 1.59. The number of hydrogen-bond acceptors (Lipinski definition) is 6. The molecule has 3 unspecified atom stereocenters. The van der Waals surface area contributed by atoms with Gasteiger partial charge < -0.3 is 0 Å². The number of aryl methyl sites for hydroxylation is 2. The van der Waals surface area contributed by atoms with Crippen LogP contribution in [0.5, 0.6) is 0 Å². The topological polar surface area (TPSA) is 52.1 Å². The molecule has 0 spiro atoms. The third-order valence-electron chi connectivity index (χ3n) is 8.19.